The zero-order valence-corrected chi connectivity index (χ0v) is 9.42. The molecule has 15 heavy (non-hydrogen) atoms. The van der Waals surface area contributed by atoms with Crippen LogP contribution in [0.2, 0.25) is 0 Å². The van der Waals surface area contributed by atoms with Gasteiger partial charge in [-0.2, -0.15) is 0 Å². The standard InChI is InChI=1S/C13H20N2/c1-10-3-2-4-12-9-11(5-7-14)6-8-15-13(10)12/h2-4,11,15H,5-9,14H2,1H3. The summed E-state index contributed by atoms with van der Waals surface area (Å²) in [5.74, 6) is 0.755. The van der Waals surface area contributed by atoms with E-state index in [1.54, 1.807) is 0 Å². The van der Waals surface area contributed by atoms with Gasteiger partial charge in [0.05, 0.1) is 0 Å². The number of nitrogens with one attached hydrogen (secondary N) is 1. The van der Waals surface area contributed by atoms with E-state index in [0.29, 0.717) is 0 Å². The van der Waals surface area contributed by atoms with Gasteiger partial charge in [-0.15, -0.1) is 0 Å². The molecule has 0 fully saturated rings. The van der Waals surface area contributed by atoms with Crippen molar-refractivity contribution in [3.8, 4) is 0 Å². The first-order chi connectivity index (χ1) is 7.31. The van der Waals surface area contributed by atoms with E-state index in [2.05, 4.69) is 30.4 Å². The normalized spacial score (nSPS) is 20.3. The van der Waals surface area contributed by atoms with Gasteiger partial charge in [-0.05, 0) is 49.8 Å². The average Bonchev–Trinajstić information content (AvgIpc) is 2.41. The fourth-order valence-corrected chi connectivity index (χ4v) is 2.45. The molecule has 0 aromatic heterocycles. The third-order valence-electron chi connectivity index (χ3n) is 3.30. The summed E-state index contributed by atoms with van der Waals surface area (Å²) in [6.45, 7) is 4.07. The smallest absolute Gasteiger partial charge is 0.0402 e. The zero-order valence-electron chi connectivity index (χ0n) is 9.42. The Balaban J connectivity index is 2.22. The summed E-state index contributed by atoms with van der Waals surface area (Å²) in [5.41, 5.74) is 9.82. The van der Waals surface area contributed by atoms with Crippen molar-refractivity contribution in [1.29, 1.82) is 0 Å². The molecular weight excluding hydrogens is 184 g/mol. The molecule has 1 aromatic rings. The monoisotopic (exact) mass is 204 g/mol. The topological polar surface area (TPSA) is 38.0 Å². The second kappa shape index (κ2) is 4.67. The second-order valence-corrected chi connectivity index (χ2v) is 4.47. The number of hydrogen-bond acceptors (Lipinski definition) is 2. The van der Waals surface area contributed by atoms with Crippen LogP contribution in [0.3, 0.4) is 0 Å². The Morgan fingerprint density at radius 2 is 2.33 bits per heavy atom. The van der Waals surface area contributed by atoms with Crippen LogP contribution >= 0.6 is 0 Å². The van der Waals surface area contributed by atoms with Crippen LogP contribution in [0.1, 0.15) is 24.0 Å². The minimum atomic E-state index is 0.755. The molecule has 2 nitrogen and oxygen atoms in total. The van der Waals surface area contributed by atoms with Gasteiger partial charge in [0.25, 0.3) is 0 Å². The molecule has 0 radical (unpaired) electrons. The van der Waals surface area contributed by atoms with Gasteiger partial charge in [0, 0.05) is 12.2 Å². The quantitative estimate of drug-likeness (QED) is 0.776. The van der Waals surface area contributed by atoms with Gasteiger partial charge < -0.3 is 11.1 Å². The molecule has 0 spiro atoms. The molecule has 2 rings (SSSR count). The number of rotatable bonds is 2. The fraction of sp³-hybridized carbons (Fsp3) is 0.538. The van der Waals surface area contributed by atoms with Crippen LogP contribution in [-0.4, -0.2) is 13.1 Å². The van der Waals surface area contributed by atoms with E-state index < -0.39 is 0 Å². The van der Waals surface area contributed by atoms with Crippen molar-refractivity contribution in [3.05, 3.63) is 29.3 Å². The largest absolute Gasteiger partial charge is 0.385 e. The first-order valence-corrected chi connectivity index (χ1v) is 5.83. The Kier molecular flexibility index (Phi) is 3.27. The summed E-state index contributed by atoms with van der Waals surface area (Å²) >= 11 is 0. The van der Waals surface area contributed by atoms with Crippen LogP contribution in [0.25, 0.3) is 0 Å². The van der Waals surface area contributed by atoms with Gasteiger partial charge in [0.15, 0.2) is 0 Å². The highest BCUT2D eigenvalue weighted by atomic mass is 14.9. The molecule has 2 heteroatoms. The van der Waals surface area contributed by atoms with Crippen LogP contribution in [0, 0.1) is 12.8 Å². The van der Waals surface area contributed by atoms with E-state index in [0.717, 1.165) is 25.4 Å². The lowest BCUT2D eigenvalue weighted by Crippen LogP contribution is -2.12. The minimum absolute atomic E-state index is 0.755. The lowest BCUT2D eigenvalue weighted by atomic mass is 9.93. The first-order valence-electron chi connectivity index (χ1n) is 5.83. The number of hydrogen-bond donors (Lipinski definition) is 2. The van der Waals surface area contributed by atoms with Crippen LogP contribution in [0.15, 0.2) is 18.2 Å². The molecule has 82 valence electrons. The third kappa shape index (κ3) is 2.32. The number of nitrogens with two attached hydrogens (primary N) is 1. The number of benzene rings is 1. The van der Waals surface area contributed by atoms with Crippen molar-refractivity contribution in [2.24, 2.45) is 11.7 Å². The van der Waals surface area contributed by atoms with Crippen molar-refractivity contribution >= 4 is 5.69 Å². The van der Waals surface area contributed by atoms with Crippen LogP contribution in [0.5, 0.6) is 0 Å². The number of fused-ring (bicyclic) bond motifs is 1. The number of aryl methyl sites for hydroxylation is 1. The Labute approximate surface area is 91.9 Å². The fourth-order valence-electron chi connectivity index (χ4n) is 2.45. The third-order valence-corrected chi connectivity index (χ3v) is 3.30. The highest BCUT2D eigenvalue weighted by Crippen LogP contribution is 2.28. The molecule has 1 unspecified atom stereocenters. The van der Waals surface area contributed by atoms with Gasteiger partial charge in [-0.25, -0.2) is 0 Å². The van der Waals surface area contributed by atoms with Gasteiger partial charge >= 0.3 is 0 Å². The summed E-state index contributed by atoms with van der Waals surface area (Å²) in [6, 6.07) is 6.57. The van der Waals surface area contributed by atoms with Crippen molar-refractivity contribution in [2.45, 2.75) is 26.2 Å². The molecular formula is C13H20N2. The van der Waals surface area contributed by atoms with E-state index in [4.69, 9.17) is 5.73 Å². The minimum Gasteiger partial charge on any atom is -0.385 e. The second-order valence-electron chi connectivity index (χ2n) is 4.47. The number of para-hydroxylation sites is 1. The highest BCUT2D eigenvalue weighted by Gasteiger charge is 2.16. The Morgan fingerprint density at radius 3 is 3.13 bits per heavy atom. The van der Waals surface area contributed by atoms with Crippen molar-refractivity contribution in [3.63, 3.8) is 0 Å². The molecule has 3 N–H and O–H groups in total. The summed E-state index contributed by atoms with van der Waals surface area (Å²) in [7, 11) is 0. The van der Waals surface area contributed by atoms with Crippen molar-refractivity contribution < 1.29 is 0 Å². The molecule has 0 aliphatic carbocycles. The Morgan fingerprint density at radius 1 is 1.47 bits per heavy atom. The SMILES string of the molecule is Cc1cccc2c1NCCC(CCN)C2. The summed E-state index contributed by atoms with van der Waals surface area (Å²) in [5, 5.41) is 3.54. The molecule has 1 aliphatic heterocycles. The lowest BCUT2D eigenvalue weighted by Gasteiger charge is -2.12. The van der Waals surface area contributed by atoms with Crippen LogP contribution in [-0.2, 0) is 6.42 Å². The molecule has 1 atom stereocenters. The average molecular weight is 204 g/mol. The predicted octanol–water partition coefficient (Wildman–Crippen LogP) is 2.32. The van der Waals surface area contributed by atoms with Gasteiger partial charge in [-0.1, -0.05) is 18.2 Å². The van der Waals surface area contributed by atoms with Crippen LogP contribution < -0.4 is 11.1 Å². The molecule has 1 aliphatic rings. The van der Waals surface area contributed by atoms with E-state index in [-0.39, 0.29) is 0 Å². The van der Waals surface area contributed by atoms with Gasteiger partial charge in [0.2, 0.25) is 0 Å². The number of anilines is 1. The summed E-state index contributed by atoms with van der Waals surface area (Å²) < 4.78 is 0. The van der Waals surface area contributed by atoms with Crippen molar-refractivity contribution in [1.82, 2.24) is 0 Å². The Hall–Kier alpha value is -1.02. The molecule has 0 saturated carbocycles. The van der Waals surface area contributed by atoms with E-state index >= 15 is 0 Å². The van der Waals surface area contributed by atoms with Crippen molar-refractivity contribution in [2.75, 3.05) is 18.4 Å². The summed E-state index contributed by atoms with van der Waals surface area (Å²) in [6.07, 6.45) is 3.57. The summed E-state index contributed by atoms with van der Waals surface area (Å²) in [4.78, 5) is 0. The highest BCUT2D eigenvalue weighted by molar-refractivity contribution is 5.57. The zero-order chi connectivity index (χ0) is 10.7. The van der Waals surface area contributed by atoms with E-state index in [1.165, 1.54) is 29.7 Å². The molecule has 1 aromatic carbocycles. The first kappa shape index (κ1) is 10.5. The Bertz CT molecular complexity index is 333. The lowest BCUT2D eigenvalue weighted by molar-refractivity contribution is 0.473. The van der Waals surface area contributed by atoms with Crippen LogP contribution in [0.4, 0.5) is 5.69 Å². The van der Waals surface area contributed by atoms with E-state index in [9.17, 15) is 0 Å². The maximum absolute atomic E-state index is 5.64. The molecule has 0 amide bonds. The van der Waals surface area contributed by atoms with E-state index in [1.807, 2.05) is 0 Å². The van der Waals surface area contributed by atoms with Gasteiger partial charge in [-0.3, -0.25) is 0 Å². The molecule has 0 saturated heterocycles. The van der Waals surface area contributed by atoms with Gasteiger partial charge in [0.1, 0.15) is 0 Å². The maximum atomic E-state index is 5.64. The predicted molar refractivity (Wildman–Crippen MR) is 65.2 cm³/mol. The molecule has 1 heterocycles. The molecule has 0 bridgehead atoms. The maximum Gasteiger partial charge on any atom is 0.0402 e.